The number of likely N-dealkylation sites (tertiary alicyclic amines) is 1. The van der Waals surface area contributed by atoms with Gasteiger partial charge >= 0.3 is 0 Å². The van der Waals surface area contributed by atoms with E-state index >= 15 is 0 Å². The maximum Gasteiger partial charge on any atom is 0.125 e. The topological polar surface area (TPSA) is 28.2 Å². The standard InChI is InChI=1S/C11H17N3/c1-2-6-12-11(5-1)13-7-10-14-8-3-4-9-14/h1-2,5-6H,3-4,7-10H2,(H,12,13). The third-order valence-corrected chi connectivity index (χ3v) is 2.60. The molecule has 0 aromatic carbocycles. The number of nitrogens with one attached hydrogen (secondary N) is 1. The van der Waals surface area contributed by atoms with Crippen molar-refractivity contribution in [3.05, 3.63) is 24.4 Å². The van der Waals surface area contributed by atoms with Crippen LogP contribution in [-0.4, -0.2) is 36.1 Å². The van der Waals surface area contributed by atoms with Gasteiger partial charge in [0.15, 0.2) is 0 Å². The Hall–Kier alpha value is -1.09. The lowest BCUT2D eigenvalue weighted by atomic mass is 10.4. The van der Waals surface area contributed by atoms with Gasteiger partial charge in [-0.25, -0.2) is 4.98 Å². The summed E-state index contributed by atoms with van der Waals surface area (Å²) < 4.78 is 0. The van der Waals surface area contributed by atoms with Crippen molar-refractivity contribution in [2.75, 3.05) is 31.5 Å². The van der Waals surface area contributed by atoms with Crippen molar-refractivity contribution in [2.45, 2.75) is 12.8 Å². The average molecular weight is 191 g/mol. The second-order valence-electron chi connectivity index (χ2n) is 3.69. The summed E-state index contributed by atoms with van der Waals surface area (Å²) in [5, 5.41) is 3.32. The predicted octanol–water partition coefficient (Wildman–Crippen LogP) is 1.59. The van der Waals surface area contributed by atoms with Crippen molar-refractivity contribution in [3.8, 4) is 0 Å². The monoisotopic (exact) mass is 191 g/mol. The Bertz CT molecular complexity index is 254. The van der Waals surface area contributed by atoms with Gasteiger partial charge in [0.1, 0.15) is 5.82 Å². The Kier molecular flexibility index (Phi) is 3.35. The molecule has 1 aliphatic rings. The fourth-order valence-corrected chi connectivity index (χ4v) is 1.82. The van der Waals surface area contributed by atoms with Gasteiger partial charge in [0.05, 0.1) is 0 Å². The Labute approximate surface area is 85.1 Å². The Balaban J connectivity index is 1.67. The number of hydrogen-bond donors (Lipinski definition) is 1. The molecule has 1 aliphatic heterocycles. The largest absolute Gasteiger partial charge is 0.369 e. The molecule has 3 heteroatoms. The SMILES string of the molecule is c1ccc(NCCN2CCCC2)nc1. The van der Waals surface area contributed by atoms with Crippen molar-refractivity contribution in [3.63, 3.8) is 0 Å². The second kappa shape index (κ2) is 4.96. The zero-order valence-electron chi connectivity index (χ0n) is 8.45. The van der Waals surface area contributed by atoms with Crippen molar-refractivity contribution >= 4 is 5.82 Å². The van der Waals surface area contributed by atoms with E-state index in [0.717, 1.165) is 18.9 Å². The smallest absolute Gasteiger partial charge is 0.125 e. The first-order valence-electron chi connectivity index (χ1n) is 5.32. The fourth-order valence-electron chi connectivity index (χ4n) is 1.82. The molecule has 1 aromatic heterocycles. The van der Waals surface area contributed by atoms with E-state index in [0.29, 0.717) is 0 Å². The van der Waals surface area contributed by atoms with E-state index in [2.05, 4.69) is 15.2 Å². The lowest BCUT2D eigenvalue weighted by Crippen LogP contribution is -2.26. The summed E-state index contributed by atoms with van der Waals surface area (Å²) in [5.41, 5.74) is 0. The molecule has 0 spiro atoms. The Morgan fingerprint density at radius 3 is 2.86 bits per heavy atom. The van der Waals surface area contributed by atoms with Gasteiger partial charge in [-0.2, -0.15) is 0 Å². The lowest BCUT2D eigenvalue weighted by molar-refractivity contribution is 0.352. The first-order chi connectivity index (χ1) is 6.95. The molecular formula is C11H17N3. The molecule has 2 heterocycles. The highest BCUT2D eigenvalue weighted by Gasteiger charge is 2.09. The predicted molar refractivity (Wildman–Crippen MR) is 58.4 cm³/mol. The first kappa shape index (κ1) is 9.46. The Morgan fingerprint density at radius 2 is 2.14 bits per heavy atom. The first-order valence-corrected chi connectivity index (χ1v) is 5.32. The van der Waals surface area contributed by atoms with Crippen LogP contribution in [-0.2, 0) is 0 Å². The van der Waals surface area contributed by atoms with Gasteiger partial charge in [-0.1, -0.05) is 6.07 Å². The van der Waals surface area contributed by atoms with Crippen LogP contribution >= 0.6 is 0 Å². The van der Waals surface area contributed by atoms with Crippen LogP contribution < -0.4 is 5.32 Å². The van der Waals surface area contributed by atoms with Crippen molar-refractivity contribution < 1.29 is 0 Å². The van der Waals surface area contributed by atoms with Crippen molar-refractivity contribution in [1.29, 1.82) is 0 Å². The van der Waals surface area contributed by atoms with E-state index in [1.165, 1.54) is 25.9 Å². The molecule has 0 saturated carbocycles. The zero-order chi connectivity index (χ0) is 9.64. The third kappa shape index (κ3) is 2.70. The van der Waals surface area contributed by atoms with E-state index < -0.39 is 0 Å². The van der Waals surface area contributed by atoms with Crippen LogP contribution in [0, 0.1) is 0 Å². The second-order valence-corrected chi connectivity index (χ2v) is 3.69. The third-order valence-electron chi connectivity index (χ3n) is 2.60. The summed E-state index contributed by atoms with van der Waals surface area (Å²) in [6.07, 6.45) is 4.55. The normalized spacial score (nSPS) is 17.1. The van der Waals surface area contributed by atoms with Gasteiger partial charge < -0.3 is 10.2 Å². The van der Waals surface area contributed by atoms with Crippen LogP contribution in [0.1, 0.15) is 12.8 Å². The molecular weight excluding hydrogens is 174 g/mol. The van der Waals surface area contributed by atoms with Gasteiger partial charge in [0.2, 0.25) is 0 Å². The van der Waals surface area contributed by atoms with E-state index in [9.17, 15) is 0 Å². The van der Waals surface area contributed by atoms with Crippen molar-refractivity contribution in [2.24, 2.45) is 0 Å². The zero-order valence-corrected chi connectivity index (χ0v) is 8.45. The maximum absolute atomic E-state index is 4.21. The van der Waals surface area contributed by atoms with Crippen LogP contribution in [0.2, 0.25) is 0 Å². The highest BCUT2D eigenvalue weighted by atomic mass is 15.2. The number of aromatic nitrogens is 1. The van der Waals surface area contributed by atoms with E-state index in [-0.39, 0.29) is 0 Å². The van der Waals surface area contributed by atoms with E-state index in [1.54, 1.807) is 0 Å². The van der Waals surface area contributed by atoms with Crippen LogP contribution in [0.15, 0.2) is 24.4 Å². The maximum atomic E-state index is 4.21. The summed E-state index contributed by atoms with van der Waals surface area (Å²) in [7, 11) is 0. The minimum atomic E-state index is 0.978. The molecule has 0 atom stereocenters. The van der Waals surface area contributed by atoms with Gasteiger partial charge in [-0.3, -0.25) is 0 Å². The van der Waals surface area contributed by atoms with Crippen LogP contribution in [0.3, 0.4) is 0 Å². The van der Waals surface area contributed by atoms with Gasteiger partial charge in [-0.05, 0) is 38.1 Å². The quantitative estimate of drug-likeness (QED) is 0.783. The number of hydrogen-bond acceptors (Lipinski definition) is 3. The molecule has 0 radical (unpaired) electrons. The average Bonchev–Trinajstić information content (AvgIpc) is 2.72. The molecule has 76 valence electrons. The highest BCUT2D eigenvalue weighted by molar-refractivity contribution is 5.32. The van der Waals surface area contributed by atoms with Crippen molar-refractivity contribution in [1.82, 2.24) is 9.88 Å². The van der Waals surface area contributed by atoms with E-state index in [4.69, 9.17) is 0 Å². The van der Waals surface area contributed by atoms with Crippen LogP contribution in [0.4, 0.5) is 5.82 Å². The van der Waals surface area contributed by atoms with Crippen LogP contribution in [0.25, 0.3) is 0 Å². The molecule has 2 rings (SSSR count). The minimum absolute atomic E-state index is 0.978. The number of nitrogens with zero attached hydrogens (tertiary/aromatic N) is 2. The number of rotatable bonds is 4. The van der Waals surface area contributed by atoms with Crippen LogP contribution in [0.5, 0.6) is 0 Å². The van der Waals surface area contributed by atoms with Gasteiger partial charge in [-0.15, -0.1) is 0 Å². The van der Waals surface area contributed by atoms with Gasteiger partial charge in [0.25, 0.3) is 0 Å². The minimum Gasteiger partial charge on any atom is -0.369 e. The highest BCUT2D eigenvalue weighted by Crippen LogP contribution is 2.06. The number of pyridine rings is 1. The molecule has 0 amide bonds. The lowest BCUT2D eigenvalue weighted by Gasteiger charge is -2.14. The molecule has 0 bridgehead atoms. The summed E-state index contributed by atoms with van der Waals surface area (Å²) in [5.74, 6) is 0.978. The molecule has 14 heavy (non-hydrogen) atoms. The number of anilines is 1. The molecule has 1 N–H and O–H groups in total. The van der Waals surface area contributed by atoms with E-state index in [1.807, 2.05) is 24.4 Å². The molecule has 1 fully saturated rings. The fraction of sp³-hybridized carbons (Fsp3) is 0.545. The summed E-state index contributed by atoms with van der Waals surface area (Å²) in [6, 6.07) is 5.95. The summed E-state index contributed by atoms with van der Waals surface area (Å²) in [6.45, 7) is 4.67. The molecule has 1 saturated heterocycles. The Morgan fingerprint density at radius 1 is 1.29 bits per heavy atom. The molecule has 0 unspecified atom stereocenters. The molecule has 0 aliphatic carbocycles. The summed E-state index contributed by atoms with van der Waals surface area (Å²) >= 11 is 0. The summed E-state index contributed by atoms with van der Waals surface area (Å²) in [4.78, 5) is 6.71. The molecule has 3 nitrogen and oxygen atoms in total. The molecule has 1 aromatic rings. The van der Waals surface area contributed by atoms with Gasteiger partial charge in [0, 0.05) is 19.3 Å².